The van der Waals surface area contributed by atoms with Crippen molar-refractivity contribution in [3.63, 3.8) is 0 Å². The van der Waals surface area contributed by atoms with Crippen LogP contribution < -0.4 is 0 Å². The Kier molecular flexibility index (Phi) is 4.44. The van der Waals surface area contributed by atoms with Crippen LogP contribution in [0.1, 0.15) is 47.9 Å². The molecule has 2 aliphatic heterocycles. The summed E-state index contributed by atoms with van der Waals surface area (Å²) >= 11 is 1.58. The molecule has 7 heteroatoms. The van der Waals surface area contributed by atoms with E-state index in [2.05, 4.69) is 21.8 Å². The number of H-pyrrole nitrogens is 1. The van der Waals surface area contributed by atoms with Crippen LogP contribution in [0.15, 0.2) is 30.0 Å². The molecule has 6 nitrogen and oxygen atoms in total. The summed E-state index contributed by atoms with van der Waals surface area (Å²) in [5, 5.41) is 0. The zero-order chi connectivity index (χ0) is 19.1. The number of carbonyl (C=O) groups is 1. The molecule has 3 aromatic rings. The summed E-state index contributed by atoms with van der Waals surface area (Å²) in [6, 6.07) is 5.84. The summed E-state index contributed by atoms with van der Waals surface area (Å²) in [6.07, 6.45) is 5.90. The quantitative estimate of drug-likeness (QED) is 0.738. The SMILES string of the molecule is CCCN1CCc2[nH]cnc2C12CCN(C(=O)c1ccc3ncsc3c1)CC2. The Morgan fingerprint density at radius 2 is 2.11 bits per heavy atom. The van der Waals surface area contributed by atoms with E-state index in [9.17, 15) is 4.79 Å². The van der Waals surface area contributed by atoms with Gasteiger partial charge in [0.1, 0.15) is 0 Å². The Bertz CT molecular complexity index is 1000. The van der Waals surface area contributed by atoms with Crippen LogP contribution in [-0.4, -0.2) is 56.8 Å². The Morgan fingerprint density at radius 3 is 2.93 bits per heavy atom. The lowest BCUT2D eigenvalue weighted by molar-refractivity contribution is 0.00709. The van der Waals surface area contributed by atoms with Gasteiger partial charge in [-0.2, -0.15) is 0 Å². The average Bonchev–Trinajstić information content (AvgIpc) is 3.39. The van der Waals surface area contributed by atoms with Crippen LogP contribution in [0, 0.1) is 0 Å². The number of aromatic amines is 1. The summed E-state index contributed by atoms with van der Waals surface area (Å²) < 4.78 is 1.07. The van der Waals surface area contributed by atoms with Gasteiger partial charge in [-0.15, -0.1) is 11.3 Å². The van der Waals surface area contributed by atoms with Gasteiger partial charge >= 0.3 is 0 Å². The van der Waals surface area contributed by atoms with Crippen LogP contribution in [-0.2, 0) is 12.0 Å². The standard InChI is InChI=1S/C21H25N5OS/c1-2-8-26-9-5-17-19(23-13-22-17)21(26)6-10-25(11-7-21)20(27)15-3-4-16-18(12-15)28-14-24-16/h3-4,12-14H,2,5-11H2,1H3,(H,22,23). The first-order chi connectivity index (χ1) is 13.7. The number of nitrogens with zero attached hydrogens (tertiary/aromatic N) is 4. The second-order valence-corrected chi connectivity index (χ2v) is 8.71. The number of rotatable bonds is 3. The van der Waals surface area contributed by atoms with E-state index in [1.807, 2.05) is 34.9 Å². The molecule has 5 rings (SSSR count). The van der Waals surface area contributed by atoms with E-state index < -0.39 is 0 Å². The van der Waals surface area contributed by atoms with Gasteiger partial charge in [-0.25, -0.2) is 9.97 Å². The van der Waals surface area contributed by atoms with Gasteiger partial charge in [0, 0.05) is 37.3 Å². The van der Waals surface area contributed by atoms with E-state index in [4.69, 9.17) is 4.98 Å². The molecule has 1 saturated heterocycles. The highest BCUT2D eigenvalue weighted by atomic mass is 32.1. The van der Waals surface area contributed by atoms with Crippen molar-refractivity contribution in [2.45, 2.75) is 38.1 Å². The van der Waals surface area contributed by atoms with Gasteiger partial charge in [0.15, 0.2) is 0 Å². The molecular weight excluding hydrogens is 370 g/mol. The molecule has 0 unspecified atom stereocenters. The van der Waals surface area contributed by atoms with Gasteiger partial charge in [0.25, 0.3) is 5.91 Å². The highest BCUT2D eigenvalue weighted by Crippen LogP contribution is 2.42. The largest absolute Gasteiger partial charge is 0.348 e. The number of imidazole rings is 1. The zero-order valence-corrected chi connectivity index (χ0v) is 17.0. The van der Waals surface area contributed by atoms with Crippen molar-refractivity contribution in [1.82, 2.24) is 24.8 Å². The molecule has 1 aromatic carbocycles. The van der Waals surface area contributed by atoms with Crippen LogP contribution in [0.2, 0.25) is 0 Å². The van der Waals surface area contributed by atoms with Crippen LogP contribution in [0.3, 0.4) is 0 Å². The summed E-state index contributed by atoms with van der Waals surface area (Å²) in [7, 11) is 0. The summed E-state index contributed by atoms with van der Waals surface area (Å²) in [5.41, 5.74) is 6.02. The summed E-state index contributed by atoms with van der Waals surface area (Å²) in [5.74, 6) is 0.130. The molecule has 1 fully saturated rings. The Balaban J connectivity index is 1.38. The van der Waals surface area contributed by atoms with E-state index in [1.165, 1.54) is 11.4 Å². The van der Waals surface area contributed by atoms with Crippen molar-refractivity contribution in [2.24, 2.45) is 0 Å². The molecule has 0 bridgehead atoms. The highest BCUT2D eigenvalue weighted by molar-refractivity contribution is 7.16. The first-order valence-corrected chi connectivity index (χ1v) is 11.0. The van der Waals surface area contributed by atoms with Crippen LogP contribution in [0.25, 0.3) is 10.2 Å². The normalized spacial score (nSPS) is 19.2. The van der Waals surface area contributed by atoms with E-state index in [0.717, 1.165) is 67.6 Å². The van der Waals surface area contributed by atoms with Gasteiger partial charge in [0.2, 0.25) is 0 Å². The fourth-order valence-corrected chi connectivity index (χ4v) is 5.64. The molecule has 1 amide bonds. The number of thiazole rings is 1. The summed E-state index contributed by atoms with van der Waals surface area (Å²) in [6.45, 7) is 5.93. The number of hydrogen-bond donors (Lipinski definition) is 1. The van der Waals surface area contributed by atoms with E-state index >= 15 is 0 Å². The molecule has 28 heavy (non-hydrogen) atoms. The molecule has 2 aliphatic rings. The Hall–Kier alpha value is -2.25. The van der Waals surface area contributed by atoms with Gasteiger partial charge in [0.05, 0.1) is 33.3 Å². The number of hydrogen-bond acceptors (Lipinski definition) is 5. The van der Waals surface area contributed by atoms with E-state index in [1.54, 1.807) is 11.3 Å². The fourth-order valence-electron chi connectivity index (χ4n) is 4.92. The number of amides is 1. The minimum Gasteiger partial charge on any atom is -0.348 e. The predicted molar refractivity (Wildman–Crippen MR) is 111 cm³/mol. The molecule has 2 aromatic heterocycles. The maximum atomic E-state index is 13.1. The highest BCUT2D eigenvalue weighted by Gasteiger charge is 2.46. The fraction of sp³-hybridized carbons (Fsp3) is 0.476. The molecule has 1 N–H and O–H groups in total. The maximum absolute atomic E-state index is 13.1. The van der Waals surface area contributed by atoms with Gasteiger partial charge < -0.3 is 9.88 Å². The number of fused-ring (bicyclic) bond motifs is 3. The second-order valence-electron chi connectivity index (χ2n) is 7.83. The zero-order valence-electron chi connectivity index (χ0n) is 16.1. The Labute approximate surface area is 168 Å². The number of carbonyl (C=O) groups excluding carboxylic acids is 1. The number of nitrogens with one attached hydrogen (secondary N) is 1. The lowest BCUT2D eigenvalue weighted by Crippen LogP contribution is -2.57. The van der Waals surface area contributed by atoms with Crippen LogP contribution in [0.5, 0.6) is 0 Å². The van der Waals surface area contributed by atoms with Crippen molar-refractivity contribution in [1.29, 1.82) is 0 Å². The third-order valence-corrected chi connectivity index (χ3v) is 7.14. The van der Waals surface area contributed by atoms with Crippen molar-refractivity contribution in [3.8, 4) is 0 Å². The molecule has 0 aliphatic carbocycles. The van der Waals surface area contributed by atoms with Crippen molar-refractivity contribution in [3.05, 3.63) is 47.0 Å². The summed E-state index contributed by atoms with van der Waals surface area (Å²) in [4.78, 5) is 30.1. The van der Waals surface area contributed by atoms with Crippen molar-refractivity contribution in [2.75, 3.05) is 26.2 Å². The molecule has 1 spiro atoms. The molecule has 0 saturated carbocycles. The molecule has 4 heterocycles. The lowest BCUT2D eigenvalue weighted by Gasteiger charge is -2.50. The van der Waals surface area contributed by atoms with Crippen molar-refractivity contribution >= 4 is 27.5 Å². The van der Waals surface area contributed by atoms with Crippen LogP contribution in [0.4, 0.5) is 0 Å². The maximum Gasteiger partial charge on any atom is 0.253 e. The monoisotopic (exact) mass is 395 g/mol. The number of aromatic nitrogens is 3. The molecule has 0 radical (unpaired) electrons. The number of benzene rings is 1. The van der Waals surface area contributed by atoms with Gasteiger partial charge in [-0.05, 0) is 44.0 Å². The second kappa shape index (κ2) is 6.97. The number of likely N-dealkylation sites (tertiary alicyclic amines) is 1. The van der Waals surface area contributed by atoms with Gasteiger partial charge in [-0.3, -0.25) is 9.69 Å². The number of piperidine rings is 1. The van der Waals surface area contributed by atoms with E-state index in [0.29, 0.717) is 0 Å². The van der Waals surface area contributed by atoms with Crippen LogP contribution >= 0.6 is 11.3 Å². The third kappa shape index (κ3) is 2.76. The molecule has 0 atom stereocenters. The minimum atomic E-state index is -0.0258. The lowest BCUT2D eigenvalue weighted by atomic mass is 9.78. The van der Waals surface area contributed by atoms with E-state index in [-0.39, 0.29) is 11.4 Å². The topological polar surface area (TPSA) is 65.1 Å². The first kappa shape index (κ1) is 17.8. The Morgan fingerprint density at radius 1 is 1.25 bits per heavy atom. The predicted octanol–water partition coefficient (Wildman–Crippen LogP) is 3.42. The smallest absolute Gasteiger partial charge is 0.253 e. The van der Waals surface area contributed by atoms with Gasteiger partial charge in [-0.1, -0.05) is 6.92 Å². The molecular formula is C21H25N5OS. The third-order valence-electron chi connectivity index (χ3n) is 6.35. The van der Waals surface area contributed by atoms with Crippen molar-refractivity contribution < 1.29 is 4.79 Å². The first-order valence-electron chi connectivity index (χ1n) is 10.1. The molecule has 146 valence electrons. The average molecular weight is 396 g/mol. The minimum absolute atomic E-state index is 0.0258.